The summed E-state index contributed by atoms with van der Waals surface area (Å²) in [6, 6.07) is 3.82. The van der Waals surface area contributed by atoms with Gasteiger partial charge in [-0.3, -0.25) is 10.1 Å². The number of nitro groups is 1. The molecule has 6 heteroatoms. The van der Waals surface area contributed by atoms with Crippen LogP contribution < -0.4 is 5.32 Å². The highest BCUT2D eigenvalue weighted by molar-refractivity contribution is 5.63. The predicted molar refractivity (Wildman–Crippen MR) is 74.3 cm³/mol. The monoisotopic (exact) mass is 282 g/mol. The van der Waals surface area contributed by atoms with Crippen LogP contribution in [0, 0.1) is 21.3 Å². The molecular formula is C14H19FN2O3. The van der Waals surface area contributed by atoms with Gasteiger partial charge in [0, 0.05) is 24.1 Å². The van der Waals surface area contributed by atoms with Crippen LogP contribution in [0.5, 0.6) is 0 Å². The second-order valence-corrected chi connectivity index (χ2v) is 5.59. The number of anilines is 1. The number of hydrogen-bond donors (Lipinski definition) is 1. The number of para-hydroxylation sites is 1. The summed E-state index contributed by atoms with van der Waals surface area (Å²) in [4.78, 5) is 10.4. The number of halogens is 1. The molecular weight excluding hydrogens is 263 g/mol. The van der Waals surface area contributed by atoms with Crippen LogP contribution in [0.3, 0.4) is 0 Å². The molecule has 1 aromatic rings. The molecule has 110 valence electrons. The van der Waals surface area contributed by atoms with Gasteiger partial charge in [-0.05, 0) is 19.4 Å². The van der Waals surface area contributed by atoms with Crippen molar-refractivity contribution in [3.8, 4) is 0 Å². The molecule has 2 atom stereocenters. The average Bonchev–Trinajstić information content (AvgIpc) is 2.39. The topological polar surface area (TPSA) is 64.4 Å². The van der Waals surface area contributed by atoms with Crippen LogP contribution >= 0.6 is 0 Å². The zero-order valence-electron chi connectivity index (χ0n) is 11.9. The Bertz CT molecular complexity index is 519. The fourth-order valence-electron chi connectivity index (χ4n) is 2.60. The number of benzene rings is 1. The van der Waals surface area contributed by atoms with Crippen LogP contribution in [0.25, 0.3) is 0 Å². The van der Waals surface area contributed by atoms with Gasteiger partial charge in [0.15, 0.2) is 5.82 Å². The van der Waals surface area contributed by atoms with E-state index in [9.17, 15) is 14.5 Å². The summed E-state index contributed by atoms with van der Waals surface area (Å²) < 4.78 is 19.4. The maximum absolute atomic E-state index is 13.8. The molecule has 1 saturated carbocycles. The lowest BCUT2D eigenvalue weighted by Crippen LogP contribution is -2.58. The van der Waals surface area contributed by atoms with Crippen molar-refractivity contribution in [2.75, 3.05) is 11.9 Å². The van der Waals surface area contributed by atoms with Crippen LogP contribution in [-0.2, 0) is 4.74 Å². The van der Waals surface area contributed by atoms with Gasteiger partial charge in [0.25, 0.3) is 5.69 Å². The number of nitrogens with one attached hydrogen (secondary N) is 1. The minimum absolute atomic E-state index is 0.0366. The van der Waals surface area contributed by atoms with Gasteiger partial charge < -0.3 is 10.1 Å². The van der Waals surface area contributed by atoms with Crippen LogP contribution in [-0.4, -0.2) is 23.7 Å². The lowest BCUT2D eigenvalue weighted by atomic mass is 9.64. The molecule has 0 amide bonds. The van der Waals surface area contributed by atoms with E-state index in [-0.39, 0.29) is 28.9 Å². The molecule has 0 spiro atoms. The van der Waals surface area contributed by atoms with Crippen molar-refractivity contribution in [3.63, 3.8) is 0 Å². The Morgan fingerprint density at radius 1 is 1.55 bits per heavy atom. The third kappa shape index (κ3) is 2.47. The van der Waals surface area contributed by atoms with Gasteiger partial charge in [-0.2, -0.15) is 0 Å². The Kier molecular flexibility index (Phi) is 3.94. The van der Waals surface area contributed by atoms with E-state index in [1.54, 1.807) is 0 Å². The number of nitrogens with zero attached hydrogens (tertiary/aromatic N) is 1. The first kappa shape index (κ1) is 14.7. The normalized spacial score (nSPS) is 24.0. The second kappa shape index (κ2) is 5.36. The van der Waals surface area contributed by atoms with Crippen LogP contribution in [0.15, 0.2) is 18.2 Å². The summed E-state index contributed by atoms with van der Waals surface area (Å²) in [6.07, 6.45) is 0.808. The average molecular weight is 282 g/mol. The smallest absolute Gasteiger partial charge is 0.295 e. The maximum atomic E-state index is 13.8. The summed E-state index contributed by atoms with van der Waals surface area (Å²) in [5.41, 5.74) is -0.460. The zero-order chi connectivity index (χ0) is 14.9. The van der Waals surface area contributed by atoms with E-state index in [4.69, 9.17) is 4.74 Å². The van der Waals surface area contributed by atoms with Gasteiger partial charge in [0.2, 0.25) is 0 Å². The lowest BCUT2D eigenvalue weighted by molar-refractivity contribution is -0.384. The highest BCUT2D eigenvalue weighted by atomic mass is 19.1. The number of ether oxygens (including phenoxy) is 1. The third-order valence-electron chi connectivity index (χ3n) is 4.05. The van der Waals surface area contributed by atoms with Crippen molar-refractivity contribution in [2.24, 2.45) is 5.41 Å². The van der Waals surface area contributed by atoms with Gasteiger partial charge in [0.1, 0.15) is 5.69 Å². The van der Waals surface area contributed by atoms with Gasteiger partial charge in [0.05, 0.1) is 11.0 Å². The van der Waals surface area contributed by atoms with Gasteiger partial charge in [-0.25, -0.2) is 4.39 Å². The summed E-state index contributed by atoms with van der Waals surface area (Å²) in [6.45, 7) is 6.58. The highest BCUT2D eigenvalue weighted by Crippen LogP contribution is 2.45. The fourth-order valence-corrected chi connectivity index (χ4v) is 2.60. The number of nitro benzene ring substituents is 1. The molecule has 0 saturated heterocycles. The largest absolute Gasteiger partial charge is 0.378 e. The quantitative estimate of drug-likeness (QED) is 0.664. The van der Waals surface area contributed by atoms with Crippen LogP contribution in [0.4, 0.5) is 15.8 Å². The second-order valence-electron chi connectivity index (χ2n) is 5.59. The van der Waals surface area contributed by atoms with Gasteiger partial charge >= 0.3 is 0 Å². The molecule has 5 nitrogen and oxygen atoms in total. The highest BCUT2D eigenvalue weighted by Gasteiger charge is 2.49. The molecule has 0 aromatic heterocycles. The van der Waals surface area contributed by atoms with E-state index < -0.39 is 10.7 Å². The SMILES string of the molecule is CCOC1CC(Nc2c(F)cccc2[N+](=O)[O-])C1(C)C. The first-order valence-corrected chi connectivity index (χ1v) is 6.69. The first-order valence-electron chi connectivity index (χ1n) is 6.69. The molecule has 2 rings (SSSR count). The molecule has 0 bridgehead atoms. The maximum Gasteiger partial charge on any atom is 0.295 e. The lowest BCUT2D eigenvalue weighted by Gasteiger charge is -2.51. The van der Waals surface area contributed by atoms with E-state index in [2.05, 4.69) is 5.32 Å². The predicted octanol–water partition coefficient (Wildman–Crippen LogP) is 3.35. The van der Waals surface area contributed by atoms with Gasteiger partial charge in [-0.1, -0.05) is 19.9 Å². The Balaban J connectivity index is 2.18. The van der Waals surface area contributed by atoms with E-state index in [1.807, 2.05) is 20.8 Å². The van der Waals surface area contributed by atoms with Crippen LogP contribution in [0.1, 0.15) is 27.2 Å². The van der Waals surface area contributed by atoms with E-state index in [0.717, 1.165) is 0 Å². The molecule has 1 fully saturated rings. The first-order chi connectivity index (χ1) is 9.37. The zero-order valence-corrected chi connectivity index (χ0v) is 11.9. The molecule has 0 heterocycles. The van der Waals surface area contributed by atoms with Crippen molar-refractivity contribution >= 4 is 11.4 Å². The van der Waals surface area contributed by atoms with Gasteiger partial charge in [-0.15, -0.1) is 0 Å². The molecule has 20 heavy (non-hydrogen) atoms. The molecule has 1 aromatic carbocycles. The van der Waals surface area contributed by atoms with Crippen molar-refractivity contribution < 1.29 is 14.1 Å². The number of hydrogen-bond acceptors (Lipinski definition) is 4. The summed E-state index contributed by atoms with van der Waals surface area (Å²) in [5, 5.41) is 13.9. The summed E-state index contributed by atoms with van der Waals surface area (Å²) >= 11 is 0. The minimum atomic E-state index is -0.602. The van der Waals surface area contributed by atoms with E-state index in [0.29, 0.717) is 13.0 Å². The summed E-state index contributed by atoms with van der Waals surface area (Å²) in [5.74, 6) is -0.602. The Morgan fingerprint density at radius 2 is 2.25 bits per heavy atom. The van der Waals surface area contributed by atoms with Crippen molar-refractivity contribution in [1.82, 2.24) is 0 Å². The minimum Gasteiger partial charge on any atom is -0.378 e. The van der Waals surface area contributed by atoms with Crippen molar-refractivity contribution in [3.05, 3.63) is 34.1 Å². The van der Waals surface area contributed by atoms with Crippen molar-refractivity contribution in [1.29, 1.82) is 0 Å². The number of rotatable bonds is 5. The Morgan fingerprint density at radius 3 is 2.80 bits per heavy atom. The molecule has 1 aliphatic rings. The molecule has 1 aliphatic carbocycles. The molecule has 0 aliphatic heterocycles. The van der Waals surface area contributed by atoms with Crippen molar-refractivity contribution in [2.45, 2.75) is 39.3 Å². The van der Waals surface area contributed by atoms with Crippen LogP contribution in [0.2, 0.25) is 0 Å². The molecule has 0 radical (unpaired) electrons. The Labute approximate surface area is 117 Å². The third-order valence-corrected chi connectivity index (χ3v) is 4.05. The van der Waals surface area contributed by atoms with E-state index in [1.165, 1.54) is 18.2 Å². The Hall–Kier alpha value is -1.69. The summed E-state index contributed by atoms with van der Waals surface area (Å²) in [7, 11) is 0. The fraction of sp³-hybridized carbons (Fsp3) is 0.571. The molecule has 1 N–H and O–H groups in total. The standard InChI is InChI=1S/C14H19FN2O3/c1-4-20-12-8-11(14(12,2)3)16-13-9(15)6-5-7-10(13)17(18)19/h5-7,11-12,16H,4,8H2,1-3H3. The molecule has 2 unspecified atom stereocenters. The van der Waals surface area contributed by atoms with E-state index >= 15 is 0 Å².